The summed E-state index contributed by atoms with van der Waals surface area (Å²) in [6, 6.07) is 0. The lowest BCUT2D eigenvalue weighted by molar-refractivity contribution is -0.161. The standard InChI is InChI=1S/C74H144O17P2/c1-6-9-12-15-18-20-21-22-23-24-25-26-27-28-29-32-36-40-45-50-55-60-74(79)91-70(64-85-72(77)58-53-48-43-39-35-33-30-31-34-38-42-46-51-56-67(4)5)66-89-93(82,83)87-62-68(75)61-86-92(80,81)88-65-69(63-84-71(76)57-52-47-41-17-14-11-8-3)90-73(78)59-54-49-44-37-19-16-13-10-7-2/h67-70,75H,6-66H2,1-5H3,(H,80,81)(H,82,83)/t68-,69+,70+/m0/s1. The number of hydrogen-bond acceptors (Lipinski definition) is 15. The highest BCUT2D eigenvalue weighted by Crippen LogP contribution is 2.45. The monoisotopic (exact) mass is 1370 g/mol. The van der Waals surface area contributed by atoms with Gasteiger partial charge in [-0.1, -0.05) is 336 Å². The van der Waals surface area contributed by atoms with Crippen LogP contribution in [0.4, 0.5) is 0 Å². The molecule has 19 heteroatoms. The van der Waals surface area contributed by atoms with Crippen LogP contribution in [0.15, 0.2) is 0 Å². The third-order valence-corrected chi connectivity index (χ3v) is 19.2. The average molecular weight is 1370 g/mol. The first kappa shape index (κ1) is 91.1. The molecule has 0 saturated carbocycles. The van der Waals surface area contributed by atoms with Crippen molar-refractivity contribution in [1.29, 1.82) is 0 Å². The van der Waals surface area contributed by atoms with Crippen molar-refractivity contribution in [2.24, 2.45) is 5.92 Å². The largest absolute Gasteiger partial charge is 0.472 e. The van der Waals surface area contributed by atoms with E-state index in [0.717, 1.165) is 109 Å². The summed E-state index contributed by atoms with van der Waals surface area (Å²) in [5.41, 5.74) is 0. The molecule has 0 aliphatic heterocycles. The molecule has 0 rings (SSSR count). The van der Waals surface area contributed by atoms with E-state index in [9.17, 15) is 43.2 Å². The lowest BCUT2D eigenvalue weighted by Crippen LogP contribution is -2.30. The Morgan fingerprint density at radius 2 is 0.495 bits per heavy atom. The average Bonchev–Trinajstić information content (AvgIpc) is 3.59. The van der Waals surface area contributed by atoms with Crippen LogP contribution in [0.5, 0.6) is 0 Å². The first-order valence-corrected chi connectivity index (χ1v) is 41.6. The number of carbonyl (C=O) groups is 4. The maximum Gasteiger partial charge on any atom is 0.472 e. The quantitative estimate of drug-likeness (QED) is 0.0222. The zero-order valence-electron chi connectivity index (χ0n) is 60.4. The van der Waals surface area contributed by atoms with Crippen molar-refractivity contribution < 1.29 is 80.2 Å². The second kappa shape index (κ2) is 67.3. The SMILES string of the molecule is CCCCCCCCCCCCCCCCCCCCCCCC(=O)O[C@H](COC(=O)CCCCCCCCCCCCCCCC(C)C)COP(=O)(O)OC[C@@H](O)COP(=O)(O)OC[C@@H](COC(=O)CCCCCCCCC)OC(=O)CCCCCCCCCCC. The summed E-state index contributed by atoms with van der Waals surface area (Å²) >= 11 is 0. The number of rotatable bonds is 74. The Bertz CT molecular complexity index is 1790. The molecule has 0 aromatic rings. The highest BCUT2D eigenvalue weighted by atomic mass is 31.2. The van der Waals surface area contributed by atoms with Gasteiger partial charge in [-0.05, 0) is 31.6 Å². The molecule has 0 spiro atoms. The lowest BCUT2D eigenvalue weighted by Gasteiger charge is -2.21. The van der Waals surface area contributed by atoms with E-state index in [-0.39, 0.29) is 25.7 Å². The Balaban J connectivity index is 5.14. The summed E-state index contributed by atoms with van der Waals surface area (Å²) in [6.45, 7) is 7.23. The van der Waals surface area contributed by atoms with Gasteiger partial charge in [-0.25, -0.2) is 9.13 Å². The van der Waals surface area contributed by atoms with E-state index in [4.69, 9.17) is 37.0 Å². The fourth-order valence-corrected chi connectivity index (χ4v) is 12.9. The highest BCUT2D eigenvalue weighted by Gasteiger charge is 2.30. The van der Waals surface area contributed by atoms with Gasteiger partial charge in [0, 0.05) is 25.7 Å². The smallest absolute Gasteiger partial charge is 0.462 e. The van der Waals surface area contributed by atoms with E-state index < -0.39 is 97.5 Å². The van der Waals surface area contributed by atoms with Gasteiger partial charge in [0.25, 0.3) is 0 Å². The molecule has 0 aliphatic rings. The van der Waals surface area contributed by atoms with Crippen molar-refractivity contribution in [2.45, 2.75) is 406 Å². The third kappa shape index (κ3) is 68.4. The molecule has 0 aromatic heterocycles. The van der Waals surface area contributed by atoms with Gasteiger partial charge in [0.15, 0.2) is 12.2 Å². The Morgan fingerprint density at radius 1 is 0.290 bits per heavy atom. The first-order chi connectivity index (χ1) is 45.0. The molecule has 0 heterocycles. The minimum atomic E-state index is -4.95. The lowest BCUT2D eigenvalue weighted by atomic mass is 10.0. The summed E-state index contributed by atoms with van der Waals surface area (Å²) in [7, 11) is -9.90. The van der Waals surface area contributed by atoms with Crippen molar-refractivity contribution in [3.8, 4) is 0 Å². The van der Waals surface area contributed by atoms with Gasteiger partial charge in [-0.2, -0.15) is 0 Å². The van der Waals surface area contributed by atoms with Crippen molar-refractivity contribution in [3.05, 3.63) is 0 Å². The van der Waals surface area contributed by atoms with Crippen molar-refractivity contribution in [2.75, 3.05) is 39.6 Å². The van der Waals surface area contributed by atoms with Gasteiger partial charge >= 0.3 is 39.5 Å². The Hall–Kier alpha value is -1.94. The number of aliphatic hydroxyl groups excluding tert-OH is 1. The maximum atomic E-state index is 13.1. The number of aliphatic hydroxyl groups is 1. The molecular formula is C74H144O17P2. The minimum absolute atomic E-state index is 0.106. The van der Waals surface area contributed by atoms with Crippen LogP contribution in [-0.4, -0.2) is 96.7 Å². The zero-order valence-corrected chi connectivity index (χ0v) is 62.2. The maximum absolute atomic E-state index is 13.1. The Labute approximate surface area is 568 Å². The number of ether oxygens (including phenoxy) is 4. The van der Waals surface area contributed by atoms with Crippen molar-refractivity contribution >= 4 is 39.5 Å². The fraction of sp³-hybridized carbons (Fsp3) is 0.946. The Morgan fingerprint density at radius 3 is 0.731 bits per heavy atom. The summed E-state index contributed by atoms with van der Waals surface area (Å²) in [6.07, 6.45) is 55.8. The molecule has 552 valence electrons. The number of esters is 4. The number of phosphoric ester groups is 2. The summed E-state index contributed by atoms with van der Waals surface area (Å²) in [4.78, 5) is 72.5. The van der Waals surface area contributed by atoms with Crippen LogP contribution in [0.3, 0.4) is 0 Å². The van der Waals surface area contributed by atoms with Crippen molar-refractivity contribution in [3.63, 3.8) is 0 Å². The summed E-state index contributed by atoms with van der Waals surface area (Å²) in [5, 5.41) is 10.6. The van der Waals surface area contributed by atoms with Crippen LogP contribution in [0.2, 0.25) is 0 Å². The molecule has 93 heavy (non-hydrogen) atoms. The van der Waals surface area contributed by atoms with E-state index in [1.54, 1.807) is 0 Å². The molecule has 0 amide bonds. The van der Waals surface area contributed by atoms with Crippen molar-refractivity contribution in [1.82, 2.24) is 0 Å². The predicted octanol–water partition coefficient (Wildman–Crippen LogP) is 21.7. The predicted molar refractivity (Wildman–Crippen MR) is 377 cm³/mol. The molecule has 3 N–H and O–H groups in total. The first-order valence-electron chi connectivity index (χ1n) is 38.6. The number of hydrogen-bond donors (Lipinski definition) is 3. The number of phosphoric acid groups is 2. The second-order valence-electron chi connectivity index (χ2n) is 27.2. The molecule has 17 nitrogen and oxygen atoms in total. The van der Waals surface area contributed by atoms with Gasteiger partial charge in [-0.15, -0.1) is 0 Å². The van der Waals surface area contributed by atoms with Crippen LogP contribution in [-0.2, 0) is 65.4 Å². The molecule has 0 saturated heterocycles. The molecule has 0 fully saturated rings. The fourth-order valence-electron chi connectivity index (χ4n) is 11.4. The van der Waals surface area contributed by atoms with Gasteiger partial charge in [0.1, 0.15) is 19.3 Å². The molecule has 0 bridgehead atoms. The van der Waals surface area contributed by atoms with Crippen LogP contribution < -0.4 is 0 Å². The van der Waals surface area contributed by atoms with E-state index in [0.29, 0.717) is 25.7 Å². The third-order valence-electron chi connectivity index (χ3n) is 17.3. The van der Waals surface area contributed by atoms with E-state index in [2.05, 4.69) is 34.6 Å². The van der Waals surface area contributed by atoms with Crippen LogP contribution in [0, 0.1) is 5.92 Å². The number of unbranched alkanes of at least 4 members (excludes halogenated alkanes) is 46. The van der Waals surface area contributed by atoms with Crippen LogP contribution in [0.1, 0.15) is 388 Å². The van der Waals surface area contributed by atoms with Gasteiger partial charge in [0.2, 0.25) is 0 Å². The van der Waals surface area contributed by atoms with E-state index in [1.807, 2.05) is 0 Å². The molecule has 2 unspecified atom stereocenters. The van der Waals surface area contributed by atoms with Gasteiger partial charge in [0.05, 0.1) is 26.4 Å². The highest BCUT2D eigenvalue weighted by molar-refractivity contribution is 7.47. The minimum Gasteiger partial charge on any atom is -0.462 e. The topological polar surface area (TPSA) is 237 Å². The second-order valence-corrected chi connectivity index (χ2v) is 30.1. The van der Waals surface area contributed by atoms with E-state index >= 15 is 0 Å². The molecule has 0 radical (unpaired) electrons. The summed E-state index contributed by atoms with van der Waals surface area (Å²) in [5.74, 6) is -1.33. The van der Waals surface area contributed by atoms with Gasteiger partial charge < -0.3 is 33.8 Å². The molecule has 0 aliphatic carbocycles. The molecular weight excluding hydrogens is 1220 g/mol. The number of carbonyl (C=O) groups excluding carboxylic acids is 4. The molecule has 0 aromatic carbocycles. The van der Waals surface area contributed by atoms with Crippen LogP contribution in [0.25, 0.3) is 0 Å². The molecule has 5 atom stereocenters. The zero-order chi connectivity index (χ0) is 68.4. The van der Waals surface area contributed by atoms with E-state index in [1.165, 1.54) is 199 Å². The summed E-state index contributed by atoms with van der Waals surface area (Å²) < 4.78 is 68.2. The normalized spacial score (nSPS) is 14.0. The van der Waals surface area contributed by atoms with Crippen LogP contribution >= 0.6 is 15.6 Å². The van der Waals surface area contributed by atoms with Gasteiger partial charge in [-0.3, -0.25) is 37.3 Å². The Kier molecular flexibility index (Phi) is 65.9.